The molecular formula is C8H6O2. The summed E-state index contributed by atoms with van der Waals surface area (Å²) in [6, 6.07) is 9.49. The normalized spacial score (nSPS) is 10.0. The molecule has 10 heavy (non-hydrogen) atoms. The minimum Gasteiger partial charge on any atom is -0.298 e. The first kappa shape index (κ1) is 5.35. The molecule has 3 rings (SSSR count). The van der Waals surface area contributed by atoms with Gasteiger partial charge in [0.05, 0.1) is 0 Å². The first-order chi connectivity index (χ1) is 4.95. The topological polar surface area (TPSA) is 26.3 Å². The lowest BCUT2D eigenvalue weighted by Gasteiger charge is -1.88. The molecule has 1 aromatic carbocycles. The van der Waals surface area contributed by atoms with Gasteiger partial charge < -0.3 is 0 Å². The van der Waals surface area contributed by atoms with Gasteiger partial charge in [-0.15, -0.1) is 0 Å². The standard InChI is InChI=1S/C8H6O2/c1-3-8-4-2-7(1)5-6-9-10-8/h1-6H. The summed E-state index contributed by atoms with van der Waals surface area (Å²) in [6.07, 6.45) is 1.52. The maximum Gasteiger partial charge on any atom is 0.178 e. The summed E-state index contributed by atoms with van der Waals surface area (Å²) in [7, 11) is 0. The largest absolute Gasteiger partial charge is 0.298 e. The SMILES string of the molecule is c1cc2ccc(cc2)oo1. The van der Waals surface area contributed by atoms with Crippen molar-refractivity contribution in [2.75, 3.05) is 0 Å². The Hall–Kier alpha value is -1.44. The third-order valence-electron chi connectivity index (χ3n) is 1.34. The third-order valence-corrected chi connectivity index (χ3v) is 1.34. The first-order valence-corrected chi connectivity index (χ1v) is 3.05. The van der Waals surface area contributed by atoms with Crippen LogP contribution in [0.1, 0.15) is 0 Å². The van der Waals surface area contributed by atoms with Crippen LogP contribution in [0.4, 0.5) is 0 Å². The molecule has 0 spiro atoms. The van der Waals surface area contributed by atoms with Gasteiger partial charge in [-0.05, 0) is 23.6 Å². The maximum absolute atomic E-state index is 4.81. The lowest BCUT2D eigenvalue weighted by molar-refractivity contribution is 0.0679. The van der Waals surface area contributed by atoms with E-state index in [1.165, 1.54) is 6.26 Å². The van der Waals surface area contributed by atoms with Gasteiger partial charge >= 0.3 is 0 Å². The highest BCUT2D eigenvalue weighted by Crippen LogP contribution is 2.06. The van der Waals surface area contributed by atoms with Gasteiger partial charge in [-0.3, -0.25) is 9.15 Å². The predicted molar refractivity (Wildman–Crippen MR) is 37.3 cm³/mol. The zero-order valence-electron chi connectivity index (χ0n) is 5.28. The van der Waals surface area contributed by atoms with E-state index >= 15 is 0 Å². The van der Waals surface area contributed by atoms with Crippen LogP contribution in [0.15, 0.2) is 45.7 Å². The summed E-state index contributed by atoms with van der Waals surface area (Å²) in [5, 5.41) is 1.12. The molecule has 50 valence electrons. The van der Waals surface area contributed by atoms with Crippen LogP contribution < -0.4 is 0 Å². The van der Waals surface area contributed by atoms with Crippen LogP contribution in [0.3, 0.4) is 0 Å². The van der Waals surface area contributed by atoms with E-state index in [9.17, 15) is 0 Å². The molecule has 0 N–H and O–H groups in total. The second-order valence-corrected chi connectivity index (χ2v) is 2.05. The highest BCUT2D eigenvalue weighted by atomic mass is 17.0. The quantitative estimate of drug-likeness (QED) is 0.517. The molecule has 2 bridgehead atoms. The molecule has 0 radical (unpaired) electrons. The zero-order valence-corrected chi connectivity index (χ0v) is 5.28. The monoisotopic (exact) mass is 134 g/mol. The molecule has 2 heterocycles. The van der Waals surface area contributed by atoms with Crippen molar-refractivity contribution in [3.63, 3.8) is 0 Å². The highest BCUT2D eigenvalue weighted by Gasteiger charge is 1.84. The molecular weight excluding hydrogens is 128 g/mol. The van der Waals surface area contributed by atoms with E-state index in [1.54, 1.807) is 0 Å². The number of hydrogen-bond acceptors (Lipinski definition) is 2. The van der Waals surface area contributed by atoms with E-state index < -0.39 is 0 Å². The average molecular weight is 134 g/mol. The molecule has 0 saturated heterocycles. The van der Waals surface area contributed by atoms with Crippen molar-refractivity contribution in [1.82, 2.24) is 0 Å². The van der Waals surface area contributed by atoms with Crippen molar-refractivity contribution in [3.8, 4) is 0 Å². The lowest BCUT2D eigenvalue weighted by Crippen LogP contribution is -1.64. The summed E-state index contributed by atoms with van der Waals surface area (Å²) in [6.45, 7) is 0. The number of hydrogen-bond donors (Lipinski definition) is 0. The molecule has 0 aliphatic heterocycles. The number of fused-ring (bicyclic) bond motifs is 5. The summed E-state index contributed by atoms with van der Waals surface area (Å²) in [5.74, 6) is 0. The molecule has 0 saturated carbocycles. The van der Waals surface area contributed by atoms with Crippen molar-refractivity contribution in [1.29, 1.82) is 0 Å². The predicted octanol–water partition coefficient (Wildman–Crippen LogP) is 2.59. The van der Waals surface area contributed by atoms with Crippen LogP contribution in [-0.2, 0) is 0 Å². The first-order valence-electron chi connectivity index (χ1n) is 3.05. The summed E-state index contributed by atoms with van der Waals surface area (Å²) in [4.78, 5) is 0. The van der Waals surface area contributed by atoms with Crippen molar-refractivity contribution in [2.24, 2.45) is 0 Å². The molecule has 0 aliphatic carbocycles. The minimum atomic E-state index is 0.730. The van der Waals surface area contributed by atoms with E-state index in [2.05, 4.69) is 4.58 Å². The number of rotatable bonds is 0. The van der Waals surface area contributed by atoms with Gasteiger partial charge in [0.2, 0.25) is 0 Å². The second kappa shape index (κ2) is 2.06. The van der Waals surface area contributed by atoms with Gasteiger partial charge in [0.15, 0.2) is 5.58 Å². The molecule has 2 heteroatoms. The summed E-state index contributed by atoms with van der Waals surface area (Å²) >= 11 is 0. The molecule has 3 aromatic rings. The molecule has 2 aromatic heterocycles. The van der Waals surface area contributed by atoms with Gasteiger partial charge in [-0.1, -0.05) is 12.1 Å². The van der Waals surface area contributed by atoms with Gasteiger partial charge in [0, 0.05) is 0 Å². The smallest absolute Gasteiger partial charge is 0.178 e. The van der Waals surface area contributed by atoms with E-state index in [4.69, 9.17) is 4.58 Å². The van der Waals surface area contributed by atoms with Crippen LogP contribution in [0.25, 0.3) is 11.0 Å². The van der Waals surface area contributed by atoms with Gasteiger partial charge in [-0.25, -0.2) is 0 Å². The summed E-state index contributed by atoms with van der Waals surface area (Å²) < 4.78 is 9.48. The molecule has 2 nitrogen and oxygen atoms in total. The van der Waals surface area contributed by atoms with E-state index in [0.717, 1.165) is 11.0 Å². The molecule has 0 amide bonds. The van der Waals surface area contributed by atoms with E-state index in [-0.39, 0.29) is 0 Å². The van der Waals surface area contributed by atoms with Gasteiger partial charge in [-0.2, -0.15) is 0 Å². The Balaban J connectivity index is 2.92. The highest BCUT2D eigenvalue weighted by molar-refractivity contribution is 5.58. The Morgan fingerprint density at radius 2 is 1.70 bits per heavy atom. The van der Waals surface area contributed by atoms with E-state index in [1.807, 2.05) is 30.3 Å². The van der Waals surface area contributed by atoms with Crippen molar-refractivity contribution >= 4 is 11.0 Å². The molecule has 0 atom stereocenters. The third kappa shape index (κ3) is 0.838. The Kier molecular flexibility index (Phi) is 1.10. The number of benzene rings is 1. The van der Waals surface area contributed by atoms with Crippen LogP contribution in [0, 0.1) is 0 Å². The fourth-order valence-corrected chi connectivity index (χ4v) is 0.824. The minimum absolute atomic E-state index is 0.730. The van der Waals surface area contributed by atoms with Crippen molar-refractivity contribution in [2.45, 2.75) is 0 Å². The second-order valence-electron chi connectivity index (χ2n) is 2.05. The zero-order chi connectivity index (χ0) is 6.81. The van der Waals surface area contributed by atoms with Crippen molar-refractivity contribution in [3.05, 3.63) is 36.6 Å². The molecule has 0 unspecified atom stereocenters. The fourth-order valence-electron chi connectivity index (χ4n) is 0.824. The van der Waals surface area contributed by atoms with Crippen LogP contribution >= 0.6 is 0 Å². The van der Waals surface area contributed by atoms with Crippen molar-refractivity contribution < 1.29 is 9.15 Å². The van der Waals surface area contributed by atoms with Gasteiger partial charge in [0.1, 0.15) is 6.26 Å². The average Bonchev–Trinajstić information content (AvgIpc) is 1.89. The molecule has 0 fully saturated rings. The maximum atomic E-state index is 4.81. The van der Waals surface area contributed by atoms with Crippen LogP contribution in [0.2, 0.25) is 0 Å². The Bertz CT molecular complexity index is 274. The Labute approximate surface area is 57.6 Å². The molecule has 0 aliphatic rings. The summed E-state index contributed by atoms with van der Waals surface area (Å²) in [5.41, 5.74) is 0.730. The van der Waals surface area contributed by atoms with E-state index in [0.29, 0.717) is 0 Å². The van der Waals surface area contributed by atoms with Crippen LogP contribution in [-0.4, -0.2) is 0 Å². The Morgan fingerprint density at radius 1 is 0.900 bits per heavy atom. The fraction of sp³-hybridized carbons (Fsp3) is 0. The van der Waals surface area contributed by atoms with Crippen LogP contribution in [0.5, 0.6) is 0 Å². The van der Waals surface area contributed by atoms with Gasteiger partial charge in [0.25, 0.3) is 0 Å². The Morgan fingerprint density at radius 3 is 2.50 bits per heavy atom. The lowest BCUT2D eigenvalue weighted by atomic mass is 10.3.